The van der Waals surface area contributed by atoms with Crippen molar-refractivity contribution in [3.63, 3.8) is 0 Å². The number of fused-ring (bicyclic) bond motifs is 1. The second-order valence-corrected chi connectivity index (χ2v) is 7.41. The zero-order chi connectivity index (χ0) is 20.1. The van der Waals surface area contributed by atoms with E-state index in [9.17, 15) is 4.79 Å². The maximum atomic E-state index is 12.4. The largest absolute Gasteiger partial charge is 0.490 e. The molecule has 0 spiro atoms. The van der Waals surface area contributed by atoms with Gasteiger partial charge < -0.3 is 19.4 Å². The third-order valence-corrected chi connectivity index (χ3v) is 5.40. The number of carbonyl (C=O) groups excluding carboxylic acids is 1. The standard InChI is InChI=1S/C21H22N4O3S/c1-2-25-20(15-7-4-3-5-8-15)23-24-21(25)29-14-19(26)22-16-9-10-17-18(13-16)28-12-6-11-27-17/h3-5,7-10,13H,2,6,11-12,14H2,1H3,(H,22,26). The molecular formula is C21H22N4O3S. The number of ether oxygens (including phenoxy) is 2. The van der Waals surface area contributed by atoms with Crippen LogP contribution in [0.1, 0.15) is 13.3 Å². The first-order valence-electron chi connectivity index (χ1n) is 9.55. The van der Waals surface area contributed by atoms with Crippen molar-refractivity contribution >= 4 is 23.4 Å². The van der Waals surface area contributed by atoms with Gasteiger partial charge in [-0.15, -0.1) is 10.2 Å². The lowest BCUT2D eigenvalue weighted by atomic mass is 10.2. The summed E-state index contributed by atoms with van der Waals surface area (Å²) >= 11 is 1.37. The summed E-state index contributed by atoms with van der Waals surface area (Å²) < 4.78 is 13.3. The van der Waals surface area contributed by atoms with Crippen LogP contribution in [0.2, 0.25) is 0 Å². The van der Waals surface area contributed by atoms with Gasteiger partial charge in [-0.2, -0.15) is 0 Å². The molecule has 7 nitrogen and oxygen atoms in total. The second-order valence-electron chi connectivity index (χ2n) is 6.47. The van der Waals surface area contributed by atoms with Gasteiger partial charge in [-0.1, -0.05) is 42.1 Å². The Bertz CT molecular complexity index is 991. The highest BCUT2D eigenvalue weighted by Crippen LogP contribution is 2.32. The van der Waals surface area contributed by atoms with Gasteiger partial charge in [-0.25, -0.2) is 0 Å². The topological polar surface area (TPSA) is 78.3 Å². The van der Waals surface area contributed by atoms with E-state index in [1.165, 1.54) is 11.8 Å². The van der Waals surface area contributed by atoms with Gasteiger partial charge >= 0.3 is 0 Å². The van der Waals surface area contributed by atoms with E-state index in [4.69, 9.17) is 9.47 Å². The van der Waals surface area contributed by atoms with Crippen molar-refractivity contribution in [1.82, 2.24) is 14.8 Å². The van der Waals surface area contributed by atoms with Gasteiger partial charge in [0.2, 0.25) is 5.91 Å². The molecule has 1 aromatic heterocycles. The lowest BCUT2D eigenvalue weighted by molar-refractivity contribution is -0.113. The van der Waals surface area contributed by atoms with E-state index in [-0.39, 0.29) is 11.7 Å². The Kier molecular flexibility index (Phi) is 6.00. The number of benzene rings is 2. The van der Waals surface area contributed by atoms with Gasteiger partial charge in [0.25, 0.3) is 0 Å². The molecule has 2 aromatic carbocycles. The number of amides is 1. The molecule has 0 aliphatic carbocycles. The fourth-order valence-electron chi connectivity index (χ4n) is 3.05. The van der Waals surface area contributed by atoms with E-state index in [2.05, 4.69) is 15.5 Å². The van der Waals surface area contributed by atoms with E-state index in [0.717, 1.165) is 29.5 Å². The average molecular weight is 410 g/mol. The second kappa shape index (κ2) is 9.00. The Balaban J connectivity index is 1.40. The summed E-state index contributed by atoms with van der Waals surface area (Å²) in [7, 11) is 0. The third kappa shape index (κ3) is 4.54. The predicted molar refractivity (Wildman–Crippen MR) is 113 cm³/mol. The molecule has 150 valence electrons. The molecule has 0 unspecified atom stereocenters. The molecule has 1 amide bonds. The Labute approximate surface area is 173 Å². The molecule has 0 atom stereocenters. The van der Waals surface area contributed by atoms with Crippen molar-refractivity contribution in [2.75, 3.05) is 24.3 Å². The quantitative estimate of drug-likeness (QED) is 0.622. The van der Waals surface area contributed by atoms with Crippen LogP contribution in [-0.4, -0.2) is 39.6 Å². The first-order chi connectivity index (χ1) is 14.2. The van der Waals surface area contributed by atoms with Crippen molar-refractivity contribution in [1.29, 1.82) is 0 Å². The SMILES string of the molecule is CCn1c(SCC(=O)Nc2ccc3c(c2)OCCCO3)nnc1-c1ccccc1. The predicted octanol–water partition coefficient (Wildman–Crippen LogP) is 3.86. The Morgan fingerprint density at radius 2 is 1.90 bits per heavy atom. The Hall–Kier alpha value is -3.00. The average Bonchev–Trinajstić information content (AvgIpc) is 3.02. The lowest BCUT2D eigenvalue weighted by Gasteiger charge is -2.10. The molecular weight excluding hydrogens is 388 g/mol. The number of aromatic nitrogens is 3. The van der Waals surface area contributed by atoms with Crippen molar-refractivity contribution < 1.29 is 14.3 Å². The van der Waals surface area contributed by atoms with Gasteiger partial charge in [-0.05, 0) is 19.1 Å². The van der Waals surface area contributed by atoms with Crippen LogP contribution in [0.4, 0.5) is 5.69 Å². The zero-order valence-corrected chi connectivity index (χ0v) is 16.9. The highest BCUT2D eigenvalue weighted by Gasteiger charge is 2.15. The first kappa shape index (κ1) is 19.3. The Morgan fingerprint density at radius 3 is 2.69 bits per heavy atom. The van der Waals surface area contributed by atoms with E-state index < -0.39 is 0 Å². The smallest absolute Gasteiger partial charge is 0.234 e. The number of hydrogen-bond acceptors (Lipinski definition) is 6. The number of carbonyl (C=O) groups is 1. The van der Waals surface area contributed by atoms with Gasteiger partial charge in [0.05, 0.1) is 19.0 Å². The summed E-state index contributed by atoms with van der Waals surface area (Å²) in [5.74, 6) is 2.29. The van der Waals surface area contributed by atoms with E-state index >= 15 is 0 Å². The van der Waals surface area contributed by atoms with Crippen LogP contribution in [0.3, 0.4) is 0 Å². The van der Waals surface area contributed by atoms with Crippen LogP contribution < -0.4 is 14.8 Å². The lowest BCUT2D eigenvalue weighted by Crippen LogP contribution is -2.14. The highest BCUT2D eigenvalue weighted by atomic mass is 32.2. The molecule has 0 fully saturated rings. The van der Waals surface area contributed by atoms with Gasteiger partial charge in [0, 0.05) is 30.3 Å². The molecule has 1 aliphatic heterocycles. The van der Waals surface area contributed by atoms with Crippen LogP contribution in [-0.2, 0) is 11.3 Å². The van der Waals surface area contributed by atoms with Crippen LogP contribution in [0.15, 0.2) is 53.7 Å². The summed E-state index contributed by atoms with van der Waals surface area (Å²) in [4.78, 5) is 12.4. The van der Waals surface area contributed by atoms with E-state index in [1.807, 2.05) is 54.0 Å². The minimum atomic E-state index is -0.114. The molecule has 0 saturated heterocycles. The number of hydrogen-bond donors (Lipinski definition) is 1. The van der Waals surface area contributed by atoms with Crippen molar-refractivity contribution in [2.24, 2.45) is 0 Å². The van der Waals surface area contributed by atoms with E-state index in [0.29, 0.717) is 30.4 Å². The van der Waals surface area contributed by atoms with Crippen LogP contribution >= 0.6 is 11.8 Å². The van der Waals surface area contributed by atoms with E-state index in [1.54, 1.807) is 6.07 Å². The minimum absolute atomic E-state index is 0.114. The van der Waals surface area contributed by atoms with Gasteiger partial charge in [-0.3, -0.25) is 4.79 Å². The molecule has 29 heavy (non-hydrogen) atoms. The maximum Gasteiger partial charge on any atom is 0.234 e. The highest BCUT2D eigenvalue weighted by molar-refractivity contribution is 7.99. The number of thioether (sulfide) groups is 1. The maximum absolute atomic E-state index is 12.4. The Morgan fingerprint density at radius 1 is 1.10 bits per heavy atom. The monoisotopic (exact) mass is 410 g/mol. The first-order valence-corrected chi connectivity index (χ1v) is 10.5. The third-order valence-electron chi connectivity index (χ3n) is 4.43. The molecule has 0 radical (unpaired) electrons. The summed E-state index contributed by atoms with van der Waals surface area (Å²) in [5, 5.41) is 12.2. The number of anilines is 1. The van der Waals surface area contributed by atoms with Crippen LogP contribution in [0, 0.1) is 0 Å². The van der Waals surface area contributed by atoms with Crippen LogP contribution in [0.5, 0.6) is 11.5 Å². The number of nitrogens with zero attached hydrogens (tertiary/aromatic N) is 3. The van der Waals surface area contributed by atoms with Crippen molar-refractivity contribution in [3.05, 3.63) is 48.5 Å². The molecule has 0 saturated carbocycles. The van der Waals surface area contributed by atoms with Gasteiger partial charge in [0.1, 0.15) is 0 Å². The van der Waals surface area contributed by atoms with Crippen molar-refractivity contribution in [2.45, 2.75) is 25.0 Å². The molecule has 3 aromatic rings. The van der Waals surface area contributed by atoms with Crippen LogP contribution in [0.25, 0.3) is 11.4 Å². The zero-order valence-electron chi connectivity index (χ0n) is 16.1. The molecule has 8 heteroatoms. The normalized spacial score (nSPS) is 13.0. The number of rotatable bonds is 6. The fraction of sp³-hybridized carbons (Fsp3) is 0.286. The minimum Gasteiger partial charge on any atom is -0.490 e. The summed E-state index contributed by atoms with van der Waals surface area (Å²) in [5.41, 5.74) is 1.69. The molecule has 1 N–H and O–H groups in total. The fourth-order valence-corrected chi connectivity index (χ4v) is 3.85. The summed E-state index contributed by atoms with van der Waals surface area (Å²) in [6.07, 6.45) is 0.843. The number of nitrogens with one attached hydrogen (secondary N) is 1. The molecule has 0 bridgehead atoms. The summed E-state index contributed by atoms with van der Waals surface area (Å²) in [6, 6.07) is 15.4. The summed E-state index contributed by atoms with van der Waals surface area (Å²) in [6.45, 7) is 4.01. The van der Waals surface area contributed by atoms with Crippen molar-refractivity contribution in [3.8, 4) is 22.9 Å². The molecule has 1 aliphatic rings. The van der Waals surface area contributed by atoms with Gasteiger partial charge in [0.15, 0.2) is 22.5 Å². The molecule has 4 rings (SSSR count). The molecule has 2 heterocycles.